The fraction of sp³-hybridized carbons (Fsp3) is 0.600. The molecule has 1 aromatic rings. The Labute approximate surface area is 102 Å². The predicted octanol–water partition coefficient (Wildman–Crippen LogP) is 1.20. The van der Waals surface area contributed by atoms with Gasteiger partial charge in [0.1, 0.15) is 4.60 Å². The van der Waals surface area contributed by atoms with Gasteiger partial charge in [0.25, 0.3) is 0 Å². The summed E-state index contributed by atoms with van der Waals surface area (Å²) in [5.41, 5.74) is 0.602. The highest BCUT2D eigenvalue weighted by atomic mass is 79.9. The van der Waals surface area contributed by atoms with Gasteiger partial charge in [-0.2, -0.15) is 5.10 Å². The highest BCUT2D eigenvalue weighted by molar-refractivity contribution is 9.10. The lowest BCUT2D eigenvalue weighted by molar-refractivity contribution is -0.136. The molecule has 6 heteroatoms. The number of carboxylic acids is 1. The maximum Gasteiger partial charge on any atom is 0.309 e. The lowest BCUT2D eigenvalue weighted by atomic mass is 10.1. The summed E-state index contributed by atoms with van der Waals surface area (Å²) in [6, 6.07) is 2.11. The van der Waals surface area contributed by atoms with E-state index in [-0.39, 0.29) is 6.42 Å². The quantitative estimate of drug-likeness (QED) is 0.877. The summed E-state index contributed by atoms with van der Waals surface area (Å²) in [5.74, 6) is -0.848. The first kappa shape index (κ1) is 11.6. The lowest BCUT2D eigenvalue weighted by Crippen LogP contribution is -2.32. The van der Waals surface area contributed by atoms with Crippen molar-refractivity contribution >= 4 is 21.9 Å². The van der Waals surface area contributed by atoms with Crippen LogP contribution in [-0.4, -0.2) is 33.9 Å². The minimum Gasteiger partial charge on any atom is -0.481 e. The van der Waals surface area contributed by atoms with Crippen molar-refractivity contribution in [3.63, 3.8) is 0 Å². The van der Waals surface area contributed by atoms with Crippen molar-refractivity contribution in [2.75, 3.05) is 13.1 Å². The third-order valence-corrected chi connectivity index (χ3v) is 3.28. The molecule has 0 radical (unpaired) electrons. The zero-order chi connectivity index (χ0) is 11.5. The van der Waals surface area contributed by atoms with Gasteiger partial charge in [-0.25, -0.2) is 0 Å². The SMILES string of the molecule is O=C(O)Cc1cc(Br)n(C2CCCNC2)n1. The summed E-state index contributed by atoms with van der Waals surface area (Å²) in [6.07, 6.45) is 2.19. The van der Waals surface area contributed by atoms with Crippen molar-refractivity contribution in [2.24, 2.45) is 0 Å². The first-order valence-corrected chi connectivity index (χ1v) is 6.12. The zero-order valence-electron chi connectivity index (χ0n) is 8.82. The van der Waals surface area contributed by atoms with Crippen LogP contribution in [0.5, 0.6) is 0 Å². The molecule has 1 aliphatic rings. The van der Waals surface area contributed by atoms with Crippen molar-refractivity contribution in [3.05, 3.63) is 16.4 Å². The summed E-state index contributed by atoms with van der Waals surface area (Å²) in [4.78, 5) is 10.6. The van der Waals surface area contributed by atoms with Crippen molar-refractivity contribution < 1.29 is 9.90 Å². The summed E-state index contributed by atoms with van der Waals surface area (Å²) in [6.45, 7) is 1.95. The van der Waals surface area contributed by atoms with Gasteiger partial charge in [0.15, 0.2) is 0 Å². The lowest BCUT2D eigenvalue weighted by Gasteiger charge is -2.23. The van der Waals surface area contributed by atoms with E-state index in [0.29, 0.717) is 11.7 Å². The van der Waals surface area contributed by atoms with Gasteiger partial charge in [0.2, 0.25) is 0 Å². The van der Waals surface area contributed by atoms with Crippen LogP contribution < -0.4 is 5.32 Å². The second kappa shape index (κ2) is 4.97. The number of hydrogen-bond acceptors (Lipinski definition) is 3. The van der Waals surface area contributed by atoms with E-state index < -0.39 is 5.97 Å². The van der Waals surface area contributed by atoms with Crippen molar-refractivity contribution in [1.82, 2.24) is 15.1 Å². The van der Waals surface area contributed by atoms with Gasteiger partial charge in [0, 0.05) is 6.54 Å². The van der Waals surface area contributed by atoms with Crippen LogP contribution in [0.15, 0.2) is 10.7 Å². The number of hydrogen-bond donors (Lipinski definition) is 2. The van der Waals surface area contributed by atoms with Gasteiger partial charge in [0.05, 0.1) is 18.2 Å². The standard InChI is InChI=1S/C10H14BrN3O2/c11-9-4-7(5-10(15)16)13-14(9)8-2-1-3-12-6-8/h4,8,12H,1-3,5-6H2,(H,15,16). The van der Waals surface area contributed by atoms with Gasteiger partial charge in [-0.05, 0) is 41.4 Å². The number of rotatable bonds is 3. The van der Waals surface area contributed by atoms with E-state index >= 15 is 0 Å². The van der Waals surface area contributed by atoms with Crippen LogP contribution in [0.3, 0.4) is 0 Å². The molecule has 5 nitrogen and oxygen atoms in total. The molecule has 1 atom stereocenters. The fourth-order valence-corrected chi connectivity index (χ4v) is 2.59. The molecule has 1 fully saturated rings. The Morgan fingerprint density at radius 2 is 2.56 bits per heavy atom. The summed E-state index contributed by atoms with van der Waals surface area (Å²) in [7, 11) is 0. The minimum atomic E-state index is -0.848. The molecule has 1 unspecified atom stereocenters. The first-order chi connectivity index (χ1) is 7.66. The number of halogens is 1. The largest absolute Gasteiger partial charge is 0.481 e. The Kier molecular flexibility index (Phi) is 3.60. The van der Waals surface area contributed by atoms with Crippen LogP contribution >= 0.6 is 15.9 Å². The van der Waals surface area contributed by atoms with E-state index in [2.05, 4.69) is 26.3 Å². The molecule has 2 N–H and O–H groups in total. The maximum atomic E-state index is 10.6. The number of nitrogens with one attached hydrogen (secondary N) is 1. The molecular formula is C10H14BrN3O2. The average molecular weight is 288 g/mol. The number of aromatic nitrogens is 2. The molecule has 1 saturated heterocycles. The van der Waals surface area contributed by atoms with Crippen molar-refractivity contribution in [2.45, 2.75) is 25.3 Å². The molecule has 0 spiro atoms. The second-order valence-electron chi connectivity index (χ2n) is 3.97. The number of carboxylic acid groups (broad SMARTS) is 1. The first-order valence-electron chi connectivity index (χ1n) is 5.33. The number of aliphatic carboxylic acids is 1. The molecule has 1 aromatic heterocycles. The number of carbonyl (C=O) groups is 1. The van der Waals surface area contributed by atoms with Gasteiger partial charge >= 0.3 is 5.97 Å². The average Bonchev–Trinajstić information content (AvgIpc) is 2.60. The van der Waals surface area contributed by atoms with E-state index in [1.807, 2.05) is 4.68 Å². The van der Waals surface area contributed by atoms with E-state index in [1.54, 1.807) is 6.07 Å². The third kappa shape index (κ3) is 2.62. The van der Waals surface area contributed by atoms with Gasteiger partial charge in [-0.1, -0.05) is 0 Å². The zero-order valence-corrected chi connectivity index (χ0v) is 10.4. The van der Waals surface area contributed by atoms with Gasteiger partial charge in [-0.3, -0.25) is 9.48 Å². The van der Waals surface area contributed by atoms with Crippen LogP contribution in [0.25, 0.3) is 0 Å². The van der Waals surface area contributed by atoms with Gasteiger partial charge < -0.3 is 10.4 Å². The second-order valence-corrected chi connectivity index (χ2v) is 4.79. The monoisotopic (exact) mass is 287 g/mol. The summed E-state index contributed by atoms with van der Waals surface area (Å²) in [5, 5.41) is 16.3. The highest BCUT2D eigenvalue weighted by Gasteiger charge is 2.19. The normalized spacial score (nSPS) is 20.9. The van der Waals surface area contributed by atoms with Crippen LogP contribution in [-0.2, 0) is 11.2 Å². The predicted molar refractivity (Wildman–Crippen MR) is 62.4 cm³/mol. The van der Waals surface area contributed by atoms with Gasteiger partial charge in [-0.15, -0.1) is 0 Å². The molecule has 0 aromatic carbocycles. The van der Waals surface area contributed by atoms with Crippen molar-refractivity contribution in [1.29, 1.82) is 0 Å². The van der Waals surface area contributed by atoms with E-state index in [9.17, 15) is 4.79 Å². The summed E-state index contributed by atoms with van der Waals surface area (Å²) >= 11 is 3.42. The van der Waals surface area contributed by atoms with Crippen LogP contribution in [0, 0.1) is 0 Å². The molecule has 16 heavy (non-hydrogen) atoms. The number of piperidine rings is 1. The van der Waals surface area contributed by atoms with E-state index in [0.717, 1.165) is 30.5 Å². The molecule has 0 bridgehead atoms. The topological polar surface area (TPSA) is 67.2 Å². The molecule has 2 rings (SSSR count). The Hall–Kier alpha value is -0.880. The molecule has 0 saturated carbocycles. The molecule has 0 aliphatic carbocycles. The van der Waals surface area contributed by atoms with Crippen LogP contribution in [0.1, 0.15) is 24.6 Å². The Bertz CT molecular complexity index is 385. The third-order valence-electron chi connectivity index (χ3n) is 2.69. The van der Waals surface area contributed by atoms with Crippen molar-refractivity contribution in [3.8, 4) is 0 Å². The summed E-state index contributed by atoms with van der Waals surface area (Å²) < 4.78 is 2.74. The Morgan fingerprint density at radius 3 is 3.19 bits per heavy atom. The highest BCUT2D eigenvalue weighted by Crippen LogP contribution is 2.22. The fourth-order valence-electron chi connectivity index (χ4n) is 1.96. The van der Waals surface area contributed by atoms with Crippen LogP contribution in [0.4, 0.5) is 0 Å². The minimum absolute atomic E-state index is 0.0221. The molecule has 0 amide bonds. The smallest absolute Gasteiger partial charge is 0.309 e. The Balaban J connectivity index is 2.13. The Morgan fingerprint density at radius 1 is 1.75 bits per heavy atom. The molecular weight excluding hydrogens is 274 g/mol. The molecule has 88 valence electrons. The van der Waals surface area contributed by atoms with E-state index in [4.69, 9.17) is 5.11 Å². The molecule has 1 aliphatic heterocycles. The van der Waals surface area contributed by atoms with Crippen LogP contribution in [0.2, 0.25) is 0 Å². The van der Waals surface area contributed by atoms with E-state index in [1.165, 1.54) is 0 Å². The number of nitrogens with zero attached hydrogens (tertiary/aromatic N) is 2. The maximum absolute atomic E-state index is 10.6. The molecule has 2 heterocycles.